The van der Waals surface area contributed by atoms with Gasteiger partial charge in [0.25, 0.3) is 0 Å². The maximum absolute atomic E-state index is 11.9. The number of carbonyl (C=O) groups excluding carboxylic acids is 2. The monoisotopic (exact) mass is 269 g/mol. The Morgan fingerprint density at radius 3 is 1.94 bits per heavy atom. The number of amides is 2. The molecule has 2 amide bonds. The summed E-state index contributed by atoms with van der Waals surface area (Å²) in [4.78, 5) is 23.9. The van der Waals surface area contributed by atoms with Gasteiger partial charge in [0.05, 0.1) is 13.1 Å². The molecule has 0 unspecified atom stereocenters. The number of nitrogens with one attached hydrogen (secondary N) is 2. The van der Waals surface area contributed by atoms with Gasteiger partial charge in [-0.15, -0.1) is 0 Å². The van der Waals surface area contributed by atoms with Crippen LogP contribution in [0, 0.1) is 0 Å². The van der Waals surface area contributed by atoms with E-state index in [1.165, 1.54) is 4.90 Å². The van der Waals surface area contributed by atoms with Gasteiger partial charge in [-0.3, -0.25) is 14.5 Å². The summed E-state index contributed by atoms with van der Waals surface area (Å²) in [5.41, 5.74) is 0. The molecule has 0 spiro atoms. The largest absolute Gasteiger partial charge is 0.405 e. The molecule has 0 radical (unpaired) electrons. The number of rotatable bonds is 7. The first kappa shape index (κ1) is 16.7. The molecule has 0 fully saturated rings. The quantitative estimate of drug-likeness (QED) is 0.690. The molecule has 0 rings (SSSR count). The summed E-state index contributed by atoms with van der Waals surface area (Å²) in [6.45, 7) is 2.74. The first-order valence-corrected chi connectivity index (χ1v) is 5.61. The van der Waals surface area contributed by atoms with Crippen LogP contribution in [0.5, 0.6) is 0 Å². The van der Waals surface area contributed by atoms with Crippen molar-refractivity contribution >= 4 is 11.8 Å². The van der Waals surface area contributed by atoms with Gasteiger partial charge in [-0.25, -0.2) is 0 Å². The minimum atomic E-state index is -4.42. The smallest absolute Gasteiger partial charge is 0.355 e. The summed E-state index contributed by atoms with van der Waals surface area (Å²) in [5.74, 6) is -1.01. The van der Waals surface area contributed by atoms with Gasteiger partial charge in [-0.2, -0.15) is 13.2 Å². The van der Waals surface area contributed by atoms with Crippen LogP contribution in [0.2, 0.25) is 0 Å². The lowest BCUT2D eigenvalue weighted by Gasteiger charge is -2.19. The average molecular weight is 269 g/mol. The first-order valence-electron chi connectivity index (χ1n) is 5.61. The molecule has 0 aliphatic heterocycles. The zero-order valence-electron chi connectivity index (χ0n) is 10.4. The van der Waals surface area contributed by atoms with Gasteiger partial charge in [0.2, 0.25) is 11.8 Å². The third-order valence-electron chi connectivity index (χ3n) is 2.04. The van der Waals surface area contributed by atoms with Crippen molar-refractivity contribution in [2.75, 3.05) is 32.7 Å². The summed E-state index contributed by atoms with van der Waals surface area (Å²) in [5, 5.41) is 4.30. The Labute approximate surface area is 104 Å². The minimum Gasteiger partial charge on any atom is -0.355 e. The van der Waals surface area contributed by atoms with E-state index in [0.717, 1.165) is 0 Å². The molecule has 0 aromatic rings. The molecule has 0 saturated carbocycles. The van der Waals surface area contributed by atoms with E-state index in [-0.39, 0.29) is 19.0 Å². The normalized spacial score (nSPS) is 11.4. The Bertz CT molecular complexity index is 282. The maximum Gasteiger partial charge on any atom is 0.405 e. The number of carbonyl (C=O) groups is 2. The first-order chi connectivity index (χ1) is 8.28. The minimum absolute atomic E-state index is 0.0101. The second kappa shape index (κ2) is 7.91. The Hall–Kier alpha value is -1.31. The molecular weight excluding hydrogens is 251 g/mol. The molecule has 106 valence electrons. The third kappa shape index (κ3) is 8.80. The molecular formula is C10H18F3N3O2. The summed E-state index contributed by atoms with van der Waals surface area (Å²) in [6, 6.07) is 0. The van der Waals surface area contributed by atoms with E-state index < -0.39 is 18.6 Å². The van der Waals surface area contributed by atoms with Crippen molar-refractivity contribution in [1.29, 1.82) is 0 Å². The van der Waals surface area contributed by atoms with Crippen molar-refractivity contribution in [2.45, 2.75) is 20.0 Å². The van der Waals surface area contributed by atoms with Gasteiger partial charge in [-0.05, 0) is 13.5 Å². The molecule has 0 atom stereocenters. The van der Waals surface area contributed by atoms with E-state index in [1.807, 2.05) is 0 Å². The van der Waals surface area contributed by atoms with Crippen LogP contribution in [0.4, 0.5) is 13.2 Å². The van der Waals surface area contributed by atoms with Crippen molar-refractivity contribution in [3.8, 4) is 0 Å². The van der Waals surface area contributed by atoms with Crippen LogP contribution < -0.4 is 10.6 Å². The number of likely N-dealkylation sites (N-methyl/N-ethyl adjacent to an activating group) is 2. The van der Waals surface area contributed by atoms with E-state index in [9.17, 15) is 22.8 Å². The van der Waals surface area contributed by atoms with Gasteiger partial charge >= 0.3 is 6.18 Å². The number of nitrogens with zero attached hydrogens (tertiary/aromatic N) is 1. The molecule has 0 saturated heterocycles. The molecule has 0 aromatic carbocycles. The van der Waals surface area contributed by atoms with Crippen LogP contribution in [0.3, 0.4) is 0 Å². The number of alkyl halides is 3. The molecule has 0 aromatic heterocycles. The molecule has 5 nitrogen and oxygen atoms in total. The third-order valence-corrected chi connectivity index (χ3v) is 2.04. The SMILES string of the molecule is CCNC(=O)CN(CC)CC(=O)NCC(F)(F)F. The van der Waals surface area contributed by atoms with Crippen molar-refractivity contribution in [1.82, 2.24) is 15.5 Å². The summed E-state index contributed by atoms with van der Waals surface area (Å²) >= 11 is 0. The van der Waals surface area contributed by atoms with Crippen LogP contribution in [0.1, 0.15) is 13.8 Å². The van der Waals surface area contributed by atoms with E-state index >= 15 is 0 Å². The number of halogens is 3. The van der Waals surface area contributed by atoms with Gasteiger partial charge in [0, 0.05) is 6.54 Å². The summed E-state index contributed by atoms with van der Waals surface area (Å²) in [7, 11) is 0. The Morgan fingerprint density at radius 2 is 1.56 bits per heavy atom. The van der Waals surface area contributed by atoms with Crippen LogP contribution in [0.25, 0.3) is 0 Å². The van der Waals surface area contributed by atoms with Crippen molar-refractivity contribution in [3.63, 3.8) is 0 Å². The summed E-state index contributed by atoms with van der Waals surface area (Å²) in [6.07, 6.45) is -4.42. The average Bonchev–Trinajstić information content (AvgIpc) is 2.25. The van der Waals surface area contributed by atoms with Crippen LogP contribution in [-0.4, -0.2) is 55.6 Å². The highest BCUT2D eigenvalue weighted by atomic mass is 19.4. The Kier molecular flexibility index (Phi) is 7.33. The molecule has 18 heavy (non-hydrogen) atoms. The zero-order chi connectivity index (χ0) is 14.2. The lowest BCUT2D eigenvalue weighted by atomic mass is 10.4. The van der Waals surface area contributed by atoms with Gasteiger partial charge in [-0.1, -0.05) is 6.92 Å². The highest BCUT2D eigenvalue weighted by molar-refractivity contribution is 5.81. The second-order valence-corrected chi connectivity index (χ2v) is 3.65. The second-order valence-electron chi connectivity index (χ2n) is 3.65. The van der Waals surface area contributed by atoms with Crippen LogP contribution in [0.15, 0.2) is 0 Å². The maximum atomic E-state index is 11.9. The van der Waals surface area contributed by atoms with Gasteiger partial charge in [0.15, 0.2) is 0 Å². The topological polar surface area (TPSA) is 61.4 Å². The fourth-order valence-electron chi connectivity index (χ4n) is 1.19. The predicted molar refractivity (Wildman–Crippen MR) is 59.9 cm³/mol. The standard InChI is InChI=1S/C10H18F3N3O2/c1-3-14-8(17)5-16(4-2)6-9(18)15-7-10(11,12)13/h3-7H2,1-2H3,(H,14,17)(H,15,18). The fraction of sp³-hybridized carbons (Fsp3) is 0.800. The molecule has 0 bridgehead atoms. The Balaban J connectivity index is 4.04. The molecule has 0 aliphatic rings. The van der Waals surface area contributed by atoms with Crippen molar-refractivity contribution in [2.24, 2.45) is 0 Å². The van der Waals surface area contributed by atoms with Crippen molar-refractivity contribution in [3.05, 3.63) is 0 Å². The van der Waals surface area contributed by atoms with Crippen molar-refractivity contribution < 1.29 is 22.8 Å². The number of hydrogen-bond acceptors (Lipinski definition) is 3. The molecule has 8 heteroatoms. The number of hydrogen-bond donors (Lipinski definition) is 2. The van der Waals surface area contributed by atoms with Gasteiger partial charge < -0.3 is 10.6 Å². The predicted octanol–water partition coefficient (Wildman–Crippen LogP) is 0.123. The Morgan fingerprint density at radius 1 is 1.06 bits per heavy atom. The van der Waals surface area contributed by atoms with E-state index in [2.05, 4.69) is 5.32 Å². The molecule has 0 heterocycles. The fourth-order valence-corrected chi connectivity index (χ4v) is 1.19. The van der Waals surface area contributed by atoms with Crippen LogP contribution in [-0.2, 0) is 9.59 Å². The lowest BCUT2D eigenvalue weighted by molar-refractivity contribution is -0.139. The van der Waals surface area contributed by atoms with Gasteiger partial charge in [0.1, 0.15) is 6.54 Å². The summed E-state index contributed by atoms with van der Waals surface area (Å²) < 4.78 is 35.6. The van der Waals surface area contributed by atoms with Crippen LogP contribution >= 0.6 is 0 Å². The zero-order valence-corrected chi connectivity index (χ0v) is 10.4. The van der Waals surface area contributed by atoms with E-state index in [0.29, 0.717) is 13.1 Å². The van der Waals surface area contributed by atoms with E-state index in [1.54, 1.807) is 19.2 Å². The van der Waals surface area contributed by atoms with E-state index in [4.69, 9.17) is 0 Å². The highest BCUT2D eigenvalue weighted by Gasteiger charge is 2.27. The molecule has 0 aliphatic carbocycles. The lowest BCUT2D eigenvalue weighted by Crippen LogP contribution is -2.44. The molecule has 2 N–H and O–H groups in total. The highest BCUT2D eigenvalue weighted by Crippen LogP contribution is 2.11.